The molecular formula is C12H24N6. The lowest BCUT2D eigenvalue weighted by Crippen LogP contribution is -2.34. The van der Waals surface area contributed by atoms with Gasteiger partial charge in [-0.25, -0.2) is 10.8 Å². The first-order valence-electron chi connectivity index (χ1n) is 6.03. The molecule has 1 aromatic rings. The molecule has 0 saturated heterocycles. The van der Waals surface area contributed by atoms with Crippen LogP contribution >= 0.6 is 0 Å². The number of rotatable bonds is 6. The Morgan fingerprint density at radius 2 is 2.06 bits per heavy atom. The number of hydrogen-bond acceptors (Lipinski definition) is 6. The zero-order valence-electron chi connectivity index (χ0n) is 11.9. The maximum atomic E-state index is 5.31. The standard InChI is InChI=1S/C12H24N6/c1-9-6-14-11(17-13)16-10(9)15-7-12(2,3)8-18(4)5/h6H,7-8,13H2,1-5H3,(H2,14,15,16,17). The Morgan fingerprint density at radius 1 is 1.39 bits per heavy atom. The van der Waals surface area contributed by atoms with Crippen molar-refractivity contribution >= 4 is 11.8 Å². The minimum atomic E-state index is 0.164. The van der Waals surface area contributed by atoms with E-state index in [9.17, 15) is 0 Å². The molecule has 0 amide bonds. The average Bonchev–Trinajstić information content (AvgIpc) is 2.26. The molecule has 18 heavy (non-hydrogen) atoms. The average molecular weight is 252 g/mol. The van der Waals surface area contributed by atoms with Crippen molar-refractivity contribution in [2.24, 2.45) is 11.3 Å². The minimum absolute atomic E-state index is 0.164. The molecule has 0 aliphatic carbocycles. The second-order valence-electron chi connectivity index (χ2n) is 5.63. The maximum absolute atomic E-state index is 5.31. The highest BCUT2D eigenvalue weighted by molar-refractivity contribution is 5.46. The van der Waals surface area contributed by atoms with Gasteiger partial charge in [0.05, 0.1) is 0 Å². The van der Waals surface area contributed by atoms with Crippen molar-refractivity contribution in [3.63, 3.8) is 0 Å². The first kappa shape index (κ1) is 14.7. The second kappa shape index (κ2) is 5.97. The third kappa shape index (κ3) is 4.46. The van der Waals surface area contributed by atoms with E-state index in [1.54, 1.807) is 6.20 Å². The first-order chi connectivity index (χ1) is 8.34. The van der Waals surface area contributed by atoms with Crippen LogP contribution in [0.4, 0.5) is 11.8 Å². The molecule has 4 N–H and O–H groups in total. The van der Waals surface area contributed by atoms with Gasteiger partial charge in [-0.05, 0) is 26.4 Å². The predicted octanol–water partition coefficient (Wildman–Crippen LogP) is 1.07. The first-order valence-corrected chi connectivity index (χ1v) is 6.03. The molecular weight excluding hydrogens is 228 g/mol. The molecule has 0 saturated carbocycles. The van der Waals surface area contributed by atoms with Crippen LogP contribution in [0.15, 0.2) is 6.20 Å². The molecule has 0 radical (unpaired) electrons. The Hall–Kier alpha value is -1.40. The number of nitrogen functional groups attached to an aromatic ring is 1. The van der Waals surface area contributed by atoms with Gasteiger partial charge in [0, 0.05) is 24.8 Å². The highest BCUT2D eigenvalue weighted by Crippen LogP contribution is 2.19. The van der Waals surface area contributed by atoms with Crippen molar-refractivity contribution in [3.8, 4) is 0 Å². The summed E-state index contributed by atoms with van der Waals surface area (Å²) in [5, 5.41) is 3.36. The summed E-state index contributed by atoms with van der Waals surface area (Å²) in [6.45, 7) is 8.26. The van der Waals surface area contributed by atoms with E-state index in [-0.39, 0.29) is 5.41 Å². The monoisotopic (exact) mass is 252 g/mol. The summed E-state index contributed by atoms with van der Waals surface area (Å²) in [5.74, 6) is 6.56. The van der Waals surface area contributed by atoms with Gasteiger partial charge in [0.15, 0.2) is 0 Å². The van der Waals surface area contributed by atoms with Crippen LogP contribution in [-0.2, 0) is 0 Å². The van der Waals surface area contributed by atoms with Gasteiger partial charge in [-0.3, -0.25) is 5.43 Å². The Balaban J connectivity index is 2.67. The summed E-state index contributed by atoms with van der Waals surface area (Å²) in [6, 6.07) is 0. The van der Waals surface area contributed by atoms with E-state index in [1.807, 2.05) is 6.92 Å². The van der Waals surface area contributed by atoms with Crippen molar-refractivity contribution in [1.29, 1.82) is 0 Å². The SMILES string of the molecule is Cc1cnc(NN)nc1NCC(C)(C)CN(C)C. The Bertz CT molecular complexity index is 388. The number of nitrogens with zero attached hydrogens (tertiary/aromatic N) is 3. The fourth-order valence-corrected chi connectivity index (χ4v) is 1.93. The van der Waals surface area contributed by atoms with Gasteiger partial charge < -0.3 is 10.2 Å². The number of aryl methyl sites for hydroxylation is 1. The molecule has 1 heterocycles. The van der Waals surface area contributed by atoms with Gasteiger partial charge in [-0.15, -0.1) is 0 Å². The molecule has 6 heteroatoms. The Kier molecular flexibility index (Phi) is 4.86. The molecule has 102 valence electrons. The van der Waals surface area contributed by atoms with E-state index in [4.69, 9.17) is 5.84 Å². The van der Waals surface area contributed by atoms with Crippen LogP contribution in [0.2, 0.25) is 0 Å². The predicted molar refractivity (Wildman–Crippen MR) is 75.4 cm³/mol. The summed E-state index contributed by atoms with van der Waals surface area (Å²) in [7, 11) is 4.16. The van der Waals surface area contributed by atoms with Gasteiger partial charge in [0.25, 0.3) is 0 Å². The number of aromatic nitrogens is 2. The van der Waals surface area contributed by atoms with Crippen molar-refractivity contribution in [2.75, 3.05) is 37.9 Å². The fraction of sp³-hybridized carbons (Fsp3) is 0.667. The van der Waals surface area contributed by atoms with Gasteiger partial charge in [-0.2, -0.15) is 4.98 Å². The summed E-state index contributed by atoms with van der Waals surface area (Å²) < 4.78 is 0. The van der Waals surface area contributed by atoms with Crippen LogP contribution in [0, 0.1) is 12.3 Å². The normalized spacial score (nSPS) is 11.7. The summed E-state index contributed by atoms with van der Waals surface area (Å²) in [5.41, 5.74) is 3.63. The van der Waals surface area contributed by atoms with Gasteiger partial charge >= 0.3 is 0 Å². The van der Waals surface area contributed by atoms with Crippen LogP contribution in [0.5, 0.6) is 0 Å². The third-order valence-corrected chi connectivity index (χ3v) is 2.58. The van der Waals surface area contributed by atoms with Gasteiger partial charge in [0.1, 0.15) is 5.82 Å². The van der Waals surface area contributed by atoms with Crippen molar-refractivity contribution in [1.82, 2.24) is 14.9 Å². The molecule has 0 spiro atoms. The van der Waals surface area contributed by atoms with Gasteiger partial charge in [-0.1, -0.05) is 13.8 Å². The molecule has 1 rings (SSSR count). The maximum Gasteiger partial charge on any atom is 0.239 e. The molecule has 0 aliphatic heterocycles. The van der Waals surface area contributed by atoms with E-state index in [1.165, 1.54) is 0 Å². The largest absolute Gasteiger partial charge is 0.369 e. The summed E-state index contributed by atoms with van der Waals surface area (Å²) in [4.78, 5) is 10.5. The van der Waals surface area contributed by atoms with Crippen LogP contribution < -0.4 is 16.6 Å². The second-order valence-corrected chi connectivity index (χ2v) is 5.63. The minimum Gasteiger partial charge on any atom is -0.369 e. The smallest absolute Gasteiger partial charge is 0.239 e. The van der Waals surface area contributed by atoms with E-state index >= 15 is 0 Å². The molecule has 0 unspecified atom stereocenters. The number of anilines is 2. The number of hydrazine groups is 1. The Labute approximate surface area is 109 Å². The van der Waals surface area contributed by atoms with E-state index in [2.05, 4.69) is 53.6 Å². The van der Waals surface area contributed by atoms with Gasteiger partial charge in [0.2, 0.25) is 5.95 Å². The molecule has 0 bridgehead atoms. The van der Waals surface area contributed by atoms with Crippen LogP contribution in [0.1, 0.15) is 19.4 Å². The van der Waals surface area contributed by atoms with Crippen LogP contribution in [0.25, 0.3) is 0 Å². The van der Waals surface area contributed by atoms with Crippen molar-refractivity contribution in [3.05, 3.63) is 11.8 Å². The number of nitrogens with one attached hydrogen (secondary N) is 2. The van der Waals surface area contributed by atoms with Crippen LogP contribution in [0.3, 0.4) is 0 Å². The molecule has 0 aliphatic rings. The topological polar surface area (TPSA) is 79.1 Å². The lowest BCUT2D eigenvalue weighted by Gasteiger charge is -2.28. The molecule has 0 atom stereocenters. The van der Waals surface area contributed by atoms with Crippen molar-refractivity contribution in [2.45, 2.75) is 20.8 Å². The van der Waals surface area contributed by atoms with Crippen LogP contribution in [-0.4, -0.2) is 42.1 Å². The highest BCUT2D eigenvalue weighted by Gasteiger charge is 2.19. The van der Waals surface area contributed by atoms with E-state index < -0.39 is 0 Å². The molecule has 0 fully saturated rings. The summed E-state index contributed by atoms with van der Waals surface area (Å²) in [6.07, 6.45) is 1.75. The molecule has 6 nitrogen and oxygen atoms in total. The van der Waals surface area contributed by atoms with E-state index in [0.717, 1.165) is 24.5 Å². The number of nitrogens with two attached hydrogens (primary N) is 1. The zero-order chi connectivity index (χ0) is 13.8. The molecule has 0 aromatic carbocycles. The van der Waals surface area contributed by atoms with E-state index in [0.29, 0.717) is 5.95 Å². The number of hydrogen-bond donors (Lipinski definition) is 3. The Morgan fingerprint density at radius 3 is 2.61 bits per heavy atom. The fourth-order valence-electron chi connectivity index (χ4n) is 1.93. The van der Waals surface area contributed by atoms with Crippen molar-refractivity contribution < 1.29 is 0 Å². The summed E-state index contributed by atoms with van der Waals surface area (Å²) >= 11 is 0. The quantitative estimate of drug-likeness (QED) is 0.519. The highest BCUT2D eigenvalue weighted by atomic mass is 15.3. The molecule has 1 aromatic heterocycles. The zero-order valence-corrected chi connectivity index (χ0v) is 11.9. The lowest BCUT2D eigenvalue weighted by molar-refractivity contribution is 0.254. The lowest BCUT2D eigenvalue weighted by atomic mass is 9.93. The third-order valence-electron chi connectivity index (χ3n) is 2.58.